The summed E-state index contributed by atoms with van der Waals surface area (Å²) < 4.78 is 15.8. The van der Waals surface area contributed by atoms with E-state index in [0.29, 0.717) is 54.6 Å². The lowest BCUT2D eigenvalue weighted by atomic mass is 10.0. The Morgan fingerprint density at radius 3 is 2.00 bits per heavy atom. The molecule has 0 unspecified atom stereocenters. The average Bonchev–Trinajstić information content (AvgIpc) is 3.04. The minimum absolute atomic E-state index is 0.345. The van der Waals surface area contributed by atoms with E-state index in [0.717, 1.165) is 11.1 Å². The maximum atomic E-state index is 13.7. The summed E-state index contributed by atoms with van der Waals surface area (Å²) >= 11 is 0. The maximum Gasteiger partial charge on any atom is 0.282 e. The second-order valence-corrected chi connectivity index (χ2v) is 7.66. The molecule has 1 aliphatic heterocycles. The Hall–Kier alpha value is -3.16. The van der Waals surface area contributed by atoms with Crippen molar-refractivity contribution >= 4 is 23.1 Å². The lowest BCUT2D eigenvalue weighted by molar-refractivity contribution is -0.120. The summed E-state index contributed by atoms with van der Waals surface area (Å²) in [4.78, 5) is 30.6. The molecule has 0 aromatic heterocycles. The van der Waals surface area contributed by atoms with Crippen molar-refractivity contribution in [3.05, 3.63) is 64.9 Å². The molecular formula is C25H30N2O5. The molecule has 0 bridgehead atoms. The highest BCUT2D eigenvalue weighted by Crippen LogP contribution is 2.36. The largest absolute Gasteiger partial charge is 0.497 e. The van der Waals surface area contributed by atoms with Gasteiger partial charge in [0.05, 0.1) is 31.6 Å². The van der Waals surface area contributed by atoms with Crippen LogP contribution in [0.25, 0.3) is 5.57 Å². The summed E-state index contributed by atoms with van der Waals surface area (Å²) in [5.74, 6) is -0.0172. The Morgan fingerprint density at radius 2 is 1.47 bits per heavy atom. The van der Waals surface area contributed by atoms with E-state index in [1.54, 1.807) is 45.6 Å². The van der Waals surface area contributed by atoms with E-state index in [1.165, 1.54) is 4.90 Å². The van der Waals surface area contributed by atoms with Crippen molar-refractivity contribution in [1.82, 2.24) is 4.90 Å². The third kappa shape index (κ3) is 4.69. The number of aryl methyl sites for hydroxylation is 2. The molecule has 0 saturated heterocycles. The predicted molar refractivity (Wildman–Crippen MR) is 124 cm³/mol. The highest BCUT2D eigenvalue weighted by atomic mass is 16.5. The van der Waals surface area contributed by atoms with Crippen molar-refractivity contribution in [3.8, 4) is 5.75 Å². The summed E-state index contributed by atoms with van der Waals surface area (Å²) in [6.07, 6.45) is 0. The van der Waals surface area contributed by atoms with Crippen molar-refractivity contribution in [2.45, 2.75) is 13.8 Å². The van der Waals surface area contributed by atoms with Crippen LogP contribution in [-0.2, 0) is 19.1 Å². The summed E-state index contributed by atoms with van der Waals surface area (Å²) in [7, 11) is 4.80. The maximum absolute atomic E-state index is 13.7. The topological polar surface area (TPSA) is 68.3 Å². The zero-order valence-corrected chi connectivity index (χ0v) is 19.3. The summed E-state index contributed by atoms with van der Waals surface area (Å²) in [6, 6.07) is 12.9. The quantitative estimate of drug-likeness (QED) is 0.531. The summed E-state index contributed by atoms with van der Waals surface area (Å²) in [5.41, 5.74) is 3.90. The Balaban J connectivity index is 2.14. The summed E-state index contributed by atoms with van der Waals surface area (Å²) in [6.45, 7) is 5.61. The molecule has 2 aromatic carbocycles. The van der Waals surface area contributed by atoms with Crippen LogP contribution in [0.15, 0.2) is 48.2 Å². The van der Waals surface area contributed by atoms with Gasteiger partial charge in [0.15, 0.2) is 0 Å². The van der Waals surface area contributed by atoms with Gasteiger partial charge in [-0.3, -0.25) is 9.59 Å². The second kappa shape index (κ2) is 10.4. The van der Waals surface area contributed by atoms with E-state index in [9.17, 15) is 9.59 Å². The van der Waals surface area contributed by atoms with Crippen LogP contribution < -0.4 is 9.64 Å². The third-order valence-electron chi connectivity index (χ3n) is 5.48. The van der Waals surface area contributed by atoms with Gasteiger partial charge >= 0.3 is 0 Å². The molecule has 0 spiro atoms. The Labute approximate surface area is 189 Å². The molecule has 2 amide bonds. The molecule has 7 nitrogen and oxygen atoms in total. The summed E-state index contributed by atoms with van der Waals surface area (Å²) in [5, 5.41) is 0. The zero-order valence-electron chi connectivity index (χ0n) is 19.3. The number of imide groups is 1. The minimum atomic E-state index is -0.347. The number of rotatable bonds is 10. The van der Waals surface area contributed by atoms with E-state index >= 15 is 0 Å². The highest BCUT2D eigenvalue weighted by Gasteiger charge is 2.42. The van der Waals surface area contributed by atoms with Crippen LogP contribution in [0, 0.1) is 13.8 Å². The molecule has 0 N–H and O–H groups in total. The molecule has 3 rings (SSSR count). The van der Waals surface area contributed by atoms with E-state index in [4.69, 9.17) is 14.2 Å². The van der Waals surface area contributed by atoms with E-state index < -0.39 is 0 Å². The lowest BCUT2D eigenvalue weighted by Gasteiger charge is -2.26. The van der Waals surface area contributed by atoms with Gasteiger partial charge in [0.1, 0.15) is 11.4 Å². The normalized spacial score (nSPS) is 13.8. The van der Waals surface area contributed by atoms with E-state index in [-0.39, 0.29) is 11.8 Å². The average molecular weight is 439 g/mol. The number of carbonyl (C=O) groups excluding carboxylic acids is 2. The molecule has 0 atom stereocenters. The highest BCUT2D eigenvalue weighted by molar-refractivity contribution is 6.45. The van der Waals surface area contributed by atoms with Crippen molar-refractivity contribution in [1.29, 1.82) is 0 Å². The van der Waals surface area contributed by atoms with Crippen LogP contribution >= 0.6 is 0 Å². The Bertz CT molecular complexity index is 1010. The van der Waals surface area contributed by atoms with Crippen LogP contribution in [0.1, 0.15) is 16.7 Å². The number of nitrogens with zero attached hydrogens (tertiary/aromatic N) is 2. The number of methoxy groups -OCH3 is 3. The van der Waals surface area contributed by atoms with Crippen molar-refractivity contribution < 1.29 is 23.8 Å². The molecule has 1 aliphatic rings. The number of hydrogen-bond acceptors (Lipinski definition) is 6. The first-order valence-corrected chi connectivity index (χ1v) is 10.5. The number of amides is 2. The molecule has 7 heteroatoms. The monoisotopic (exact) mass is 438 g/mol. The smallest absolute Gasteiger partial charge is 0.282 e. The predicted octanol–water partition coefficient (Wildman–Crippen LogP) is 3.19. The van der Waals surface area contributed by atoms with Crippen molar-refractivity contribution in [3.63, 3.8) is 0 Å². The van der Waals surface area contributed by atoms with Crippen molar-refractivity contribution in [2.24, 2.45) is 0 Å². The van der Waals surface area contributed by atoms with E-state index in [2.05, 4.69) is 0 Å². The Kier molecular flexibility index (Phi) is 7.66. The molecule has 0 aliphatic carbocycles. The van der Waals surface area contributed by atoms with Crippen LogP contribution in [0.3, 0.4) is 0 Å². The van der Waals surface area contributed by atoms with Gasteiger partial charge in [-0.05, 0) is 43.2 Å². The number of carbonyl (C=O) groups is 2. The fraction of sp³-hybridized carbons (Fsp3) is 0.360. The first-order chi connectivity index (χ1) is 15.4. The fourth-order valence-corrected chi connectivity index (χ4v) is 3.84. The zero-order chi connectivity index (χ0) is 23.3. The van der Waals surface area contributed by atoms with Crippen LogP contribution in [-0.4, -0.2) is 64.3 Å². The SMILES string of the molecule is COCCN(CCOC)C1=C(c2ccc(OC)cc2)C(=O)N(c2ccc(C)cc2C)C1=O. The molecular weight excluding hydrogens is 408 g/mol. The van der Waals surface area contributed by atoms with Gasteiger partial charge in [0.25, 0.3) is 11.8 Å². The molecule has 0 fully saturated rings. The molecule has 32 heavy (non-hydrogen) atoms. The van der Waals surface area contributed by atoms with Crippen LogP contribution in [0.2, 0.25) is 0 Å². The molecule has 2 aromatic rings. The van der Waals surface area contributed by atoms with Gasteiger partial charge in [-0.25, -0.2) is 4.90 Å². The molecule has 170 valence electrons. The van der Waals surface area contributed by atoms with Gasteiger partial charge in [-0.2, -0.15) is 0 Å². The van der Waals surface area contributed by atoms with Gasteiger partial charge in [0, 0.05) is 27.3 Å². The van der Waals surface area contributed by atoms with Crippen LogP contribution in [0.5, 0.6) is 5.75 Å². The number of anilines is 1. The first kappa shape index (κ1) is 23.5. The van der Waals surface area contributed by atoms with Gasteiger partial charge in [-0.15, -0.1) is 0 Å². The first-order valence-electron chi connectivity index (χ1n) is 10.5. The van der Waals surface area contributed by atoms with Crippen LogP contribution in [0.4, 0.5) is 5.69 Å². The number of ether oxygens (including phenoxy) is 3. The standard InChI is InChI=1S/C25H30N2O5/c1-17-6-11-21(18(2)16-17)27-24(28)22(19-7-9-20(32-5)10-8-19)23(25(27)29)26(12-14-30-3)13-15-31-4/h6-11,16H,12-15H2,1-5H3. The fourth-order valence-electron chi connectivity index (χ4n) is 3.84. The van der Waals surface area contributed by atoms with E-state index in [1.807, 2.05) is 36.9 Å². The van der Waals surface area contributed by atoms with Crippen molar-refractivity contribution in [2.75, 3.05) is 52.5 Å². The number of hydrogen-bond donors (Lipinski definition) is 0. The minimum Gasteiger partial charge on any atom is -0.497 e. The molecule has 1 heterocycles. The third-order valence-corrected chi connectivity index (χ3v) is 5.48. The second-order valence-electron chi connectivity index (χ2n) is 7.66. The molecule has 0 saturated carbocycles. The lowest BCUT2D eigenvalue weighted by Crippen LogP contribution is -2.38. The van der Waals surface area contributed by atoms with Gasteiger partial charge in [-0.1, -0.05) is 29.8 Å². The van der Waals surface area contributed by atoms with Gasteiger partial charge < -0.3 is 19.1 Å². The number of benzene rings is 2. The van der Waals surface area contributed by atoms with Gasteiger partial charge in [0.2, 0.25) is 0 Å². The Morgan fingerprint density at radius 1 is 0.844 bits per heavy atom. The molecule has 0 radical (unpaired) electrons.